The standard InChI is InChI=1S/C34H39BO7.C16H36N/c1-37-29-13-5-25(6-14-29)21-33(22-26-7-15-30(38-2)16-8-26)41-35(36)42-34(23-27-9-17-31(39-3)18-10-27)24-28-11-19-32(40-4)20-12-28;1-5-9-13-17(14-10-6-2,15-11-7-3)16-12-8-4/h5-20,33-34,36H,21-24H2,1-4H3;5-16H2,1-4H3/q;+1. The van der Waals surface area contributed by atoms with Crippen LogP contribution in [0.3, 0.4) is 0 Å². The number of quaternary nitrogens is 1. The fourth-order valence-corrected chi connectivity index (χ4v) is 7.44. The van der Waals surface area contributed by atoms with Crippen LogP contribution in [0.25, 0.3) is 0 Å². The molecule has 0 atom stereocenters. The van der Waals surface area contributed by atoms with Gasteiger partial charge in [0.1, 0.15) is 23.0 Å². The molecule has 0 spiro atoms. The molecule has 8 nitrogen and oxygen atoms in total. The van der Waals surface area contributed by atoms with Crippen molar-refractivity contribution in [1.82, 2.24) is 0 Å². The summed E-state index contributed by atoms with van der Waals surface area (Å²) in [5.41, 5.74) is 4.26. The highest BCUT2D eigenvalue weighted by molar-refractivity contribution is 6.34. The Kier molecular flexibility index (Phi) is 23.8. The van der Waals surface area contributed by atoms with Crippen molar-refractivity contribution >= 4 is 7.32 Å². The van der Waals surface area contributed by atoms with Crippen LogP contribution in [0.15, 0.2) is 97.1 Å². The Morgan fingerprint density at radius 2 is 0.627 bits per heavy atom. The quantitative estimate of drug-likeness (QED) is 0.0452. The monoisotopic (exact) mass is 813 g/mol. The van der Waals surface area contributed by atoms with E-state index in [-0.39, 0.29) is 12.2 Å². The van der Waals surface area contributed by atoms with Gasteiger partial charge in [-0.05, 0) is 122 Å². The van der Waals surface area contributed by atoms with Gasteiger partial charge in [0, 0.05) is 0 Å². The number of methoxy groups -OCH3 is 4. The molecule has 0 aliphatic heterocycles. The van der Waals surface area contributed by atoms with Gasteiger partial charge < -0.3 is 37.8 Å². The van der Waals surface area contributed by atoms with Crippen molar-refractivity contribution in [3.05, 3.63) is 119 Å². The van der Waals surface area contributed by atoms with E-state index in [1.54, 1.807) is 28.4 Å². The van der Waals surface area contributed by atoms with Crippen LogP contribution in [-0.4, -0.2) is 83.7 Å². The van der Waals surface area contributed by atoms with Crippen LogP contribution in [0.2, 0.25) is 0 Å². The molecular weight excluding hydrogens is 737 g/mol. The summed E-state index contributed by atoms with van der Waals surface area (Å²) < 4.78 is 35.0. The summed E-state index contributed by atoms with van der Waals surface area (Å²) in [6, 6.07) is 31.4. The molecular formula is C50H75BNO7+. The number of ether oxygens (including phenoxy) is 4. The van der Waals surface area contributed by atoms with E-state index in [0.29, 0.717) is 25.7 Å². The second-order valence-corrected chi connectivity index (χ2v) is 15.7. The minimum Gasteiger partial charge on any atom is -0.497 e. The van der Waals surface area contributed by atoms with E-state index in [0.717, 1.165) is 45.3 Å². The zero-order valence-electron chi connectivity index (χ0n) is 37.6. The molecule has 9 heteroatoms. The van der Waals surface area contributed by atoms with E-state index in [2.05, 4.69) is 27.7 Å². The maximum Gasteiger partial charge on any atom is 0.637 e. The molecule has 0 bridgehead atoms. The highest BCUT2D eigenvalue weighted by Crippen LogP contribution is 2.22. The van der Waals surface area contributed by atoms with Crippen molar-refractivity contribution in [2.45, 2.75) is 117 Å². The molecule has 1 N–H and O–H groups in total. The molecule has 0 saturated heterocycles. The molecule has 0 aromatic heterocycles. The second kappa shape index (κ2) is 28.5. The van der Waals surface area contributed by atoms with Gasteiger partial charge >= 0.3 is 7.32 Å². The van der Waals surface area contributed by atoms with Crippen LogP contribution in [0, 0.1) is 0 Å². The Bertz CT molecular complexity index is 1390. The third kappa shape index (κ3) is 18.8. The van der Waals surface area contributed by atoms with Crippen molar-refractivity contribution in [2.75, 3.05) is 54.6 Å². The molecule has 324 valence electrons. The molecule has 4 rings (SSSR count). The highest BCUT2D eigenvalue weighted by atomic mass is 16.7. The van der Waals surface area contributed by atoms with Crippen molar-refractivity contribution in [2.24, 2.45) is 0 Å². The van der Waals surface area contributed by atoms with Crippen LogP contribution in [-0.2, 0) is 35.0 Å². The maximum absolute atomic E-state index is 11.1. The molecule has 59 heavy (non-hydrogen) atoms. The fraction of sp³-hybridized carbons (Fsp3) is 0.520. The van der Waals surface area contributed by atoms with Crippen LogP contribution >= 0.6 is 0 Å². The van der Waals surface area contributed by atoms with Crippen molar-refractivity contribution in [1.29, 1.82) is 0 Å². The first-order valence-electron chi connectivity index (χ1n) is 22.1. The number of hydrogen-bond donors (Lipinski definition) is 1. The molecule has 0 heterocycles. The number of hydrogen-bond acceptors (Lipinski definition) is 7. The molecule has 4 aromatic rings. The lowest BCUT2D eigenvalue weighted by Crippen LogP contribution is -2.50. The third-order valence-corrected chi connectivity index (χ3v) is 11.1. The van der Waals surface area contributed by atoms with Crippen molar-refractivity contribution in [3.63, 3.8) is 0 Å². The van der Waals surface area contributed by atoms with Crippen LogP contribution in [0.1, 0.15) is 101 Å². The van der Waals surface area contributed by atoms with Crippen molar-refractivity contribution < 1.29 is 37.8 Å². The van der Waals surface area contributed by atoms with Gasteiger partial charge in [-0.25, -0.2) is 0 Å². The number of rotatable bonds is 28. The normalized spacial score (nSPS) is 11.3. The Morgan fingerprint density at radius 3 is 0.814 bits per heavy atom. The lowest BCUT2D eigenvalue weighted by atomic mass is 9.98. The number of unbranched alkanes of at least 4 members (excludes halogenated alkanes) is 4. The molecule has 0 fully saturated rings. The average Bonchev–Trinajstić information content (AvgIpc) is 3.27. The van der Waals surface area contributed by atoms with Crippen molar-refractivity contribution in [3.8, 4) is 23.0 Å². The van der Waals surface area contributed by atoms with Gasteiger partial charge in [0.15, 0.2) is 0 Å². The summed E-state index contributed by atoms with van der Waals surface area (Å²) >= 11 is 0. The average molecular weight is 813 g/mol. The van der Waals surface area contributed by atoms with E-state index in [1.165, 1.54) is 82.0 Å². The molecule has 4 aromatic carbocycles. The predicted octanol–water partition coefficient (Wildman–Crippen LogP) is 10.7. The topological polar surface area (TPSA) is 75.6 Å². The van der Waals surface area contributed by atoms with E-state index < -0.39 is 7.32 Å². The maximum atomic E-state index is 11.1. The Morgan fingerprint density at radius 1 is 0.407 bits per heavy atom. The summed E-state index contributed by atoms with van der Waals surface area (Å²) in [5, 5.41) is 11.1. The molecule has 0 aliphatic rings. The van der Waals surface area contributed by atoms with Crippen LogP contribution in [0.5, 0.6) is 23.0 Å². The summed E-state index contributed by atoms with van der Waals surface area (Å²) in [6.45, 7) is 15.0. The van der Waals surface area contributed by atoms with E-state index >= 15 is 0 Å². The Balaban J connectivity index is 0.000000462. The van der Waals surface area contributed by atoms with Gasteiger partial charge in [-0.1, -0.05) is 102 Å². The molecule has 0 unspecified atom stereocenters. The minimum absolute atomic E-state index is 0.343. The van der Waals surface area contributed by atoms with E-state index in [1.807, 2.05) is 97.1 Å². The van der Waals surface area contributed by atoms with Gasteiger partial charge in [0.05, 0.1) is 66.8 Å². The number of benzene rings is 4. The third-order valence-electron chi connectivity index (χ3n) is 11.1. The van der Waals surface area contributed by atoms with Gasteiger partial charge in [-0.15, -0.1) is 0 Å². The first-order valence-corrected chi connectivity index (χ1v) is 22.1. The first-order chi connectivity index (χ1) is 28.7. The van der Waals surface area contributed by atoms with E-state index in [4.69, 9.17) is 28.3 Å². The summed E-state index contributed by atoms with van der Waals surface area (Å²) in [5.74, 6) is 3.15. The van der Waals surface area contributed by atoms with Gasteiger partial charge in [0.25, 0.3) is 0 Å². The molecule has 0 saturated carbocycles. The fourth-order valence-electron chi connectivity index (χ4n) is 7.44. The Hall–Kier alpha value is -4.02. The van der Waals surface area contributed by atoms with E-state index in [9.17, 15) is 5.02 Å². The highest BCUT2D eigenvalue weighted by Gasteiger charge is 2.28. The van der Waals surface area contributed by atoms with Crippen LogP contribution in [0.4, 0.5) is 0 Å². The molecule has 0 aliphatic carbocycles. The second-order valence-electron chi connectivity index (χ2n) is 15.7. The zero-order valence-corrected chi connectivity index (χ0v) is 37.6. The first kappa shape index (κ1) is 49.3. The minimum atomic E-state index is -1.42. The lowest BCUT2D eigenvalue weighted by Gasteiger charge is -2.39. The molecule has 0 amide bonds. The SMILES string of the molecule is CCCC[N+](CCCC)(CCCC)CCCC.COc1ccc(CC(Cc2ccc(OC)cc2)OB(O)OC(Cc2ccc(OC)cc2)Cc2ccc(OC)cc2)cc1. The largest absolute Gasteiger partial charge is 0.637 e. The van der Waals surface area contributed by atoms with Gasteiger partial charge in [-0.3, -0.25) is 0 Å². The smallest absolute Gasteiger partial charge is 0.497 e. The molecule has 0 radical (unpaired) electrons. The Labute approximate surface area is 357 Å². The summed E-state index contributed by atoms with van der Waals surface area (Å²) in [4.78, 5) is 0. The zero-order chi connectivity index (χ0) is 42.7. The summed E-state index contributed by atoms with van der Waals surface area (Å²) in [7, 11) is 5.16. The van der Waals surface area contributed by atoms with Gasteiger partial charge in [0.2, 0.25) is 0 Å². The number of nitrogens with zero attached hydrogens (tertiary/aromatic N) is 1. The predicted molar refractivity (Wildman–Crippen MR) is 244 cm³/mol. The van der Waals surface area contributed by atoms with Crippen LogP contribution < -0.4 is 18.9 Å². The summed E-state index contributed by atoms with van der Waals surface area (Å²) in [6.07, 6.45) is 12.7. The van der Waals surface area contributed by atoms with Gasteiger partial charge in [-0.2, -0.15) is 0 Å². The lowest BCUT2D eigenvalue weighted by molar-refractivity contribution is -0.929.